The van der Waals surface area contributed by atoms with Gasteiger partial charge in [-0.15, -0.1) is 0 Å². The van der Waals surface area contributed by atoms with Gasteiger partial charge in [0.25, 0.3) is 0 Å². The normalized spacial score (nSPS) is 13.4. The van der Waals surface area contributed by atoms with Crippen LogP contribution in [0.25, 0.3) is 0 Å². The SMILES string of the molecule is CC(C)CC(N)CN(C)Cc1ccc(F)cc1. The zero-order valence-electron chi connectivity index (χ0n) is 11.0. The molecule has 0 bridgehead atoms. The predicted molar refractivity (Wildman–Crippen MR) is 70.2 cm³/mol. The average Bonchev–Trinajstić information content (AvgIpc) is 2.19. The van der Waals surface area contributed by atoms with E-state index >= 15 is 0 Å². The lowest BCUT2D eigenvalue weighted by Crippen LogP contribution is -2.35. The van der Waals surface area contributed by atoms with Crippen LogP contribution in [0.2, 0.25) is 0 Å². The molecule has 0 saturated carbocycles. The van der Waals surface area contributed by atoms with E-state index in [-0.39, 0.29) is 11.9 Å². The largest absolute Gasteiger partial charge is 0.327 e. The van der Waals surface area contributed by atoms with E-state index in [9.17, 15) is 4.39 Å². The van der Waals surface area contributed by atoms with Crippen molar-refractivity contribution in [1.82, 2.24) is 4.90 Å². The van der Waals surface area contributed by atoms with Crippen molar-refractivity contribution in [2.24, 2.45) is 11.7 Å². The number of rotatable bonds is 6. The average molecular weight is 238 g/mol. The molecule has 1 atom stereocenters. The van der Waals surface area contributed by atoms with Crippen LogP contribution in [0.15, 0.2) is 24.3 Å². The van der Waals surface area contributed by atoms with E-state index in [0.29, 0.717) is 5.92 Å². The Morgan fingerprint density at radius 1 is 1.24 bits per heavy atom. The Morgan fingerprint density at radius 3 is 2.35 bits per heavy atom. The Morgan fingerprint density at radius 2 is 1.82 bits per heavy atom. The summed E-state index contributed by atoms with van der Waals surface area (Å²) in [5, 5.41) is 0. The number of halogens is 1. The Hall–Kier alpha value is -0.930. The molecule has 2 nitrogen and oxygen atoms in total. The van der Waals surface area contributed by atoms with Gasteiger partial charge in [0.15, 0.2) is 0 Å². The summed E-state index contributed by atoms with van der Waals surface area (Å²) in [4.78, 5) is 2.18. The van der Waals surface area contributed by atoms with Crippen LogP contribution in [0, 0.1) is 11.7 Å². The second-order valence-electron chi connectivity index (χ2n) is 5.21. The number of benzene rings is 1. The fraction of sp³-hybridized carbons (Fsp3) is 0.571. The van der Waals surface area contributed by atoms with Crippen LogP contribution in [0.5, 0.6) is 0 Å². The summed E-state index contributed by atoms with van der Waals surface area (Å²) >= 11 is 0. The first kappa shape index (κ1) is 14.1. The summed E-state index contributed by atoms with van der Waals surface area (Å²) in [7, 11) is 2.05. The van der Waals surface area contributed by atoms with Gasteiger partial charge in [0.05, 0.1) is 0 Å². The predicted octanol–water partition coefficient (Wildman–Crippen LogP) is 2.63. The molecule has 1 unspecified atom stereocenters. The van der Waals surface area contributed by atoms with Gasteiger partial charge < -0.3 is 10.6 Å². The van der Waals surface area contributed by atoms with E-state index in [1.807, 2.05) is 19.2 Å². The summed E-state index contributed by atoms with van der Waals surface area (Å²) in [6.07, 6.45) is 1.04. The Balaban J connectivity index is 2.38. The third-order valence-electron chi connectivity index (χ3n) is 2.69. The van der Waals surface area contributed by atoms with Gasteiger partial charge in [0, 0.05) is 19.1 Å². The molecular weight excluding hydrogens is 215 g/mol. The molecule has 0 spiro atoms. The van der Waals surface area contributed by atoms with Crippen molar-refractivity contribution in [3.63, 3.8) is 0 Å². The maximum atomic E-state index is 12.7. The fourth-order valence-electron chi connectivity index (χ4n) is 2.05. The summed E-state index contributed by atoms with van der Waals surface area (Å²) in [5.41, 5.74) is 7.17. The monoisotopic (exact) mass is 238 g/mol. The highest BCUT2D eigenvalue weighted by atomic mass is 19.1. The molecule has 2 N–H and O–H groups in total. The minimum absolute atomic E-state index is 0.187. The van der Waals surface area contributed by atoms with Crippen molar-refractivity contribution in [2.45, 2.75) is 32.9 Å². The molecule has 0 saturated heterocycles. The van der Waals surface area contributed by atoms with Crippen molar-refractivity contribution in [3.8, 4) is 0 Å². The number of nitrogens with zero attached hydrogens (tertiary/aromatic N) is 1. The molecule has 0 heterocycles. The number of nitrogens with two attached hydrogens (primary N) is 1. The van der Waals surface area contributed by atoms with Crippen LogP contribution in [0.3, 0.4) is 0 Å². The highest BCUT2D eigenvalue weighted by molar-refractivity contribution is 5.15. The molecule has 1 aromatic carbocycles. The summed E-state index contributed by atoms with van der Waals surface area (Å²) < 4.78 is 12.7. The molecule has 1 rings (SSSR count). The minimum atomic E-state index is -0.187. The molecule has 0 aliphatic carbocycles. The topological polar surface area (TPSA) is 29.3 Å². The zero-order chi connectivity index (χ0) is 12.8. The lowest BCUT2D eigenvalue weighted by molar-refractivity contribution is 0.287. The highest BCUT2D eigenvalue weighted by Crippen LogP contribution is 2.08. The third-order valence-corrected chi connectivity index (χ3v) is 2.69. The molecule has 1 aromatic rings. The Labute approximate surface area is 104 Å². The summed E-state index contributed by atoms with van der Waals surface area (Å²) in [6, 6.07) is 6.84. The molecule has 96 valence electrons. The number of hydrogen-bond acceptors (Lipinski definition) is 2. The smallest absolute Gasteiger partial charge is 0.123 e. The van der Waals surface area contributed by atoms with Gasteiger partial charge in [-0.1, -0.05) is 26.0 Å². The standard InChI is InChI=1S/C14H23FN2/c1-11(2)8-14(16)10-17(3)9-12-4-6-13(15)7-5-12/h4-7,11,14H,8-10,16H2,1-3H3. The second kappa shape index (κ2) is 6.72. The van der Waals surface area contributed by atoms with Crippen molar-refractivity contribution in [2.75, 3.05) is 13.6 Å². The van der Waals surface area contributed by atoms with E-state index in [4.69, 9.17) is 5.73 Å². The molecular formula is C14H23FN2. The second-order valence-corrected chi connectivity index (χ2v) is 5.21. The molecule has 0 fully saturated rings. The molecule has 3 heteroatoms. The summed E-state index contributed by atoms with van der Waals surface area (Å²) in [5.74, 6) is 0.442. The minimum Gasteiger partial charge on any atom is -0.327 e. The maximum Gasteiger partial charge on any atom is 0.123 e. The number of hydrogen-bond donors (Lipinski definition) is 1. The van der Waals surface area contributed by atoms with E-state index in [0.717, 1.165) is 25.1 Å². The van der Waals surface area contributed by atoms with Crippen LogP contribution in [0.4, 0.5) is 4.39 Å². The summed E-state index contributed by atoms with van der Waals surface area (Å²) in [6.45, 7) is 6.04. The molecule has 17 heavy (non-hydrogen) atoms. The van der Waals surface area contributed by atoms with Gasteiger partial charge in [-0.3, -0.25) is 0 Å². The van der Waals surface area contributed by atoms with Crippen LogP contribution < -0.4 is 5.73 Å². The Kier molecular flexibility index (Phi) is 5.59. The quantitative estimate of drug-likeness (QED) is 0.825. The molecule has 0 radical (unpaired) electrons. The van der Waals surface area contributed by atoms with Crippen molar-refractivity contribution >= 4 is 0 Å². The first-order chi connectivity index (χ1) is 7.97. The lowest BCUT2D eigenvalue weighted by atomic mass is 10.0. The van der Waals surface area contributed by atoms with Crippen LogP contribution >= 0.6 is 0 Å². The maximum absolute atomic E-state index is 12.7. The van der Waals surface area contributed by atoms with Gasteiger partial charge in [0.2, 0.25) is 0 Å². The molecule has 0 aliphatic rings. The van der Waals surface area contributed by atoms with Crippen LogP contribution in [-0.4, -0.2) is 24.5 Å². The van der Waals surface area contributed by atoms with Crippen LogP contribution in [0.1, 0.15) is 25.8 Å². The third kappa shape index (κ3) is 5.80. The molecule has 0 amide bonds. The molecule has 0 aromatic heterocycles. The van der Waals surface area contributed by atoms with Gasteiger partial charge in [-0.05, 0) is 37.1 Å². The van der Waals surface area contributed by atoms with Gasteiger partial charge in [0.1, 0.15) is 5.82 Å². The lowest BCUT2D eigenvalue weighted by Gasteiger charge is -2.22. The van der Waals surface area contributed by atoms with E-state index in [1.54, 1.807) is 0 Å². The van der Waals surface area contributed by atoms with Crippen molar-refractivity contribution in [3.05, 3.63) is 35.6 Å². The van der Waals surface area contributed by atoms with Gasteiger partial charge in [-0.25, -0.2) is 4.39 Å². The highest BCUT2D eigenvalue weighted by Gasteiger charge is 2.09. The fourth-order valence-corrected chi connectivity index (χ4v) is 2.05. The number of likely N-dealkylation sites (N-methyl/N-ethyl adjacent to an activating group) is 1. The van der Waals surface area contributed by atoms with Crippen LogP contribution in [-0.2, 0) is 6.54 Å². The Bertz CT molecular complexity index is 321. The van der Waals surface area contributed by atoms with Crippen molar-refractivity contribution < 1.29 is 4.39 Å². The first-order valence-electron chi connectivity index (χ1n) is 6.16. The van der Waals surface area contributed by atoms with E-state index in [2.05, 4.69) is 18.7 Å². The van der Waals surface area contributed by atoms with E-state index in [1.165, 1.54) is 12.1 Å². The zero-order valence-corrected chi connectivity index (χ0v) is 11.0. The first-order valence-corrected chi connectivity index (χ1v) is 6.16. The molecule has 0 aliphatic heterocycles. The van der Waals surface area contributed by atoms with Gasteiger partial charge >= 0.3 is 0 Å². The van der Waals surface area contributed by atoms with Crippen molar-refractivity contribution in [1.29, 1.82) is 0 Å². The van der Waals surface area contributed by atoms with E-state index < -0.39 is 0 Å². The van der Waals surface area contributed by atoms with Gasteiger partial charge in [-0.2, -0.15) is 0 Å².